The first-order valence-electron chi connectivity index (χ1n) is 16.2. The van der Waals surface area contributed by atoms with Gasteiger partial charge in [0.2, 0.25) is 5.95 Å². The molecule has 6 rings (SSSR count). The zero-order chi connectivity index (χ0) is 35.1. The monoisotopic (exact) mass is 673 g/mol. The van der Waals surface area contributed by atoms with Crippen molar-refractivity contribution in [3.8, 4) is 11.1 Å². The predicted octanol–water partition coefficient (Wildman–Crippen LogP) is 6.95. The van der Waals surface area contributed by atoms with Crippen molar-refractivity contribution in [1.29, 1.82) is 0 Å². The zero-order valence-electron chi connectivity index (χ0n) is 27.8. The molecule has 13 heteroatoms. The molecule has 0 bridgehead atoms. The van der Waals surface area contributed by atoms with Crippen LogP contribution in [0.15, 0.2) is 60.8 Å². The van der Waals surface area contributed by atoms with E-state index in [0.29, 0.717) is 5.95 Å². The summed E-state index contributed by atoms with van der Waals surface area (Å²) in [6.07, 6.45) is 0.777. The number of anilines is 3. The Kier molecular flexibility index (Phi) is 9.05. The smallest absolute Gasteiger partial charge is 0.353 e. The number of carbonyl (C=O) groups excluding carboxylic acids is 3. The molecule has 2 aliphatic rings. The van der Waals surface area contributed by atoms with Gasteiger partial charge >= 0.3 is 12.2 Å². The van der Waals surface area contributed by atoms with Gasteiger partial charge in [0.05, 0.1) is 22.5 Å². The fourth-order valence-electron chi connectivity index (χ4n) is 6.18. The summed E-state index contributed by atoms with van der Waals surface area (Å²) in [6.45, 7) is 8.89. The average molecular weight is 674 g/mol. The Hall–Kier alpha value is -5.04. The maximum absolute atomic E-state index is 13.7. The lowest BCUT2D eigenvalue weighted by Crippen LogP contribution is -2.41. The number of likely N-dealkylation sites (tertiary alicyclic amines) is 1. The van der Waals surface area contributed by atoms with Gasteiger partial charge < -0.3 is 20.4 Å². The molecule has 256 valence electrons. The van der Waals surface area contributed by atoms with Crippen molar-refractivity contribution in [2.75, 3.05) is 48.8 Å². The van der Waals surface area contributed by atoms with Crippen molar-refractivity contribution in [1.82, 2.24) is 19.8 Å². The molecule has 0 aliphatic carbocycles. The molecule has 0 spiro atoms. The Morgan fingerprint density at radius 2 is 1.73 bits per heavy atom. The third-order valence-electron chi connectivity index (χ3n) is 9.41. The molecule has 0 unspecified atom stereocenters. The van der Waals surface area contributed by atoms with Crippen LogP contribution >= 0.6 is 0 Å². The van der Waals surface area contributed by atoms with Gasteiger partial charge in [0, 0.05) is 37.3 Å². The van der Waals surface area contributed by atoms with Crippen LogP contribution in [0.2, 0.25) is 0 Å². The lowest BCUT2D eigenvalue weighted by Gasteiger charge is -2.26. The van der Waals surface area contributed by atoms with E-state index in [-0.39, 0.29) is 16.9 Å². The number of nitrogens with zero attached hydrogens (tertiary/aromatic N) is 5. The highest BCUT2D eigenvalue weighted by Crippen LogP contribution is 2.39. The molecule has 4 amide bonds. The number of hydrogen-bond donors (Lipinski definition) is 2. The highest BCUT2D eigenvalue weighted by Gasteiger charge is 2.50. The summed E-state index contributed by atoms with van der Waals surface area (Å²) in [5, 5.41) is 6.65. The van der Waals surface area contributed by atoms with E-state index in [2.05, 4.69) is 25.5 Å². The number of alkyl halides is 3. The standard InChI is InChI=1S/C36H38F3N7O3/c1-22-8-9-24(19-27(22)23-10-12-28-25(18-23)21-41-33(43-28)40-14-17-45-15-6-5-7-16-45)31(47)42-29-20-26(36(37,38)39)11-13-30(29)46-32(48)35(2,3)44(4)34(46)49/h8-13,18-21H,5-7,14-17H2,1-4H3,(H,42,47)(H,40,41,43). The van der Waals surface area contributed by atoms with E-state index in [1.165, 1.54) is 45.1 Å². The zero-order valence-corrected chi connectivity index (χ0v) is 27.8. The van der Waals surface area contributed by atoms with Crippen LogP contribution in [-0.2, 0) is 11.0 Å². The average Bonchev–Trinajstić information content (AvgIpc) is 3.22. The normalized spacial score (nSPS) is 16.8. The highest BCUT2D eigenvalue weighted by molar-refractivity contribution is 6.24. The summed E-state index contributed by atoms with van der Waals surface area (Å²) in [7, 11) is 1.43. The minimum Gasteiger partial charge on any atom is -0.353 e. The minimum absolute atomic E-state index is 0.156. The van der Waals surface area contributed by atoms with Gasteiger partial charge in [0.1, 0.15) is 5.54 Å². The third-order valence-corrected chi connectivity index (χ3v) is 9.41. The Balaban J connectivity index is 1.25. The van der Waals surface area contributed by atoms with Crippen LogP contribution in [0.1, 0.15) is 54.6 Å². The number of piperidine rings is 1. The summed E-state index contributed by atoms with van der Waals surface area (Å²) in [5.74, 6) is -0.792. The number of amides is 4. The van der Waals surface area contributed by atoms with Gasteiger partial charge in [-0.2, -0.15) is 13.2 Å². The fourth-order valence-corrected chi connectivity index (χ4v) is 6.18. The maximum atomic E-state index is 13.7. The molecule has 10 nitrogen and oxygen atoms in total. The minimum atomic E-state index is -4.73. The van der Waals surface area contributed by atoms with E-state index in [1.54, 1.807) is 24.4 Å². The first kappa shape index (κ1) is 33.8. The molecule has 0 saturated carbocycles. The molecule has 3 heterocycles. The number of benzene rings is 3. The van der Waals surface area contributed by atoms with Crippen molar-refractivity contribution < 1.29 is 27.6 Å². The molecule has 2 saturated heterocycles. The third kappa shape index (κ3) is 6.80. The molecule has 1 aromatic heterocycles. The number of hydrogen-bond acceptors (Lipinski definition) is 7. The van der Waals surface area contributed by atoms with Crippen LogP contribution in [0.5, 0.6) is 0 Å². The molecule has 2 fully saturated rings. The van der Waals surface area contributed by atoms with Gasteiger partial charge in [0.15, 0.2) is 0 Å². The van der Waals surface area contributed by atoms with E-state index < -0.39 is 35.1 Å². The number of nitrogens with one attached hydrogen (secondary N) is 2. The number of halogens is 3. The first-order chi connectivity index (χ1) is 23.2. The second kappa shape index (κ2) is 13.1. The SMILES string of the molecule is Cc1ccc(C(=O)Nc2cc(C(F)(F)F)ccc2N2C(=O)N(C)C(C)(C)C2=O)cc1-c1ccc2nc(NCCN3CCCCC3)ncc2c1. The molecule has 2 N–H and O–H groups in total. The maximum Gasteiger partial charge on any atom is 0.416 e. The van der Waals surface area contributed by atoms with Crippen molar-refractivity contribution >= 4 is 46.1 Å². The number of rotatable bonds is 8. The van der Waals surface area contributed by atoms with E-state index >= 15 is 0 Å². The summed E-state index contributed by atoms with van der Waals surface area (Å²) < 4.78 is 41.2. The summed E-state index contributed by atoms with van der Waals surface area (Å²) in [6, 6.07) is 12.5. The van der Waals surface area contributed by atoms with Gasteiger partial charge in [-0.05, 0) is 106 Å². The van der Waals surface area contributed by atoms with E-state index in [9.17, 15) is 27.6 Å². The molecule has 2 aliphatic heterocycles. The second-order valence-electron chi connectivity index (χ2n) is 13.1. The fraction of sp³-hybridized carbons (Fsp3) is 0.361. The lowest BCUT2D eigenvalue weighted by atomic mass is 9.97. The van der Waals surface area contributed by atoms with Crippen molar-refractivity contribution in [3.05, 3.63) is 77.5 Å². The number of fused-ring (bicyclic) bond motifs is 1. The summed E-state index contributed by atoms with van der Waals surface area (Å²) in [5.41, 5.74) is 0.570. The predicted molar refractivity (Wildman–Crippen MR) is 183 cm³/mol. The number of aromatic nitrogens is 2. The number of urea groups is 1. The Bertz CT molecular complexity index is 1940. The topological polar surface area (TPSA) is 111 Å². The van der Waals surface area contributed by atoms with E-state index in [1.807, 2.05) is 25.1 Å². The van der Waals surface area contributed by atoms with E-state index in [4.69, 9.17) is 0 Å². The van der Waals surface area contributed by atoms with Crippen molar-refractivity contribution in [3.63, 3.8) is 0 Å². The van der Waals surface area contributed by atoms with Crippen LogP contribution in [0.4, 0.5) is 35.3 Å². The number of aryl methyl sites for hydroxylation is 1. The Morgan fingerprint density at radius 1 is 0.980 bits per heavy atom. The summed E-state index contributed by atoms with van der Waals surface area (Å²) >= 11 is 0. The first-order valence-corrected chi connectivity index (χ1v) is 16.2. The van der Waals surface area contributed by atoms with E-state index in [0.717, 1.165) is 76.9 Å². The number of carbonyl (C=O) groups is 3. The number of likely N-dealkylation sites (N-methyl/N-ethyl adjacent to an activating group) is 1. The lowest BCUT2D eigenvalue weighted by molar-refractivity contribution is -0.137. The summed E-state index contributed by atoms with van der Waals surface area (Å²) in [4.78, 5) is 53.5. The molecule has 0 atom stereocenters. The van der Waals surface area contributed by atoms with Gasteiger partial charge in [0.25, 0.3) is 11.8 Å². The molecule has 4 aromatic rings. The molecular weight excluding hydrogens is 635 g/mol. The highest BCUT2D eigenvalue weighted by atomic mass is 19.4. The van der Waals surface area contributed by atoms with Gasteiger partial charge in [-0.25, -0.2) is 19.7 Å². The van der Waals surface area contributed by atoms with Crippen LogP contribution in [-0.4, -0.2) is 76.4 Å². The largest absolute Gasteiger partial charge is 0.416 e. The second-order valence-corrected chi connectivity index (χ2v) is 13.1. The van der Waals surface area contributed by atoms with Crippen molar-refractivity contribution in [2.45, 2.75) is 51.7 Å². The number of imide groups is 1. The van der Waals surface area contributed by atoms with Gasteiger partial charge in [-0.3, -0.25) is 9.59 Å². The molecule has 3 aromatic carbocycles. The Labute approximate surface area is 282 Å². The van der Waals surface area contributed by atoms with Crippen LogP contribution in [0, 0.1) is 6.92 Å². The quantitative estimate of drug-likeness (QED) is 0.195. The van der Waals surface area contributed by atoms with Crippen molar-refractivity contribution in [2.24, 2.45) is 0 Å². The van der Waals surface area contributed by atoms with Gasteiger partial charge in [-0.15, -0.1) is 0 Å². The van der Waals surface area contributed by atoms with Crippen LogP contribution in [0.25, 0.3) is 22.0 Å². The van der Waals surface area contributed by atoms with Gasteiger partial charge in [-0.1, -0.05) is 18.6 Å². The molecular formula is C36H38F3N7O3. The molecule has 0 radical (unpaired) electrons. The van der Waals surface area contributed by atoms with Crippen LogP contribution < -0.4 is 15.5 Å². The molecule has 49 heavy (non-hydrogen) atoms. The Morgan fingerprint density at radius 3 is 2.43 bits per heavy atom. The van der Waals surface area contributed by atoms with Crippen LogP contribution in [0.3, 0.4) is 0 Å².